The van der Waals surface area contributed by atoms with Gasteiger partial charge in [-0.05, 0) is 43.1 Å². The summed E-state index contributed by atoms with van der Waals surface area (Å²) in [5, 5.41) is 11.4. The van der Waals surface area contributed by atoms with Gasteiger partial charge in [-0.25, -0.2) is 9.07 Å². The van der Waals surface area contributed by atoms with Crippen molar-refractivity contribution < 1.29 is 4.39 Å². The average molecular weight is 276 g/mol. The van der Waals surface area contributed by atoms with Gasteiger partial charge >= 0.3 is 0 Å². The molecule has 108 valence electrons. The standard InChI is InChI=1S/C15H21FN4/c1-3-7-17-10-12-9-13(16)5-6-14(12)15-11-18-19-20(15)8-4-2/h5-6,9,11,17H,3-4,7-8,10H2,1-2H3. The fourth-order valence-corrected chi connectivity index (χ4v) is 2.20. The van der Waals surface area contributed by atoms with Gasteiger partial charge in [0.1, 0.15) is 5.82 Å². The Morgan fingerprint density at radius 2 is 2.10 bits per heavy atom. The van der Waals surface area contributed by atoms with Gasteiger partial charge in [-0.15, -0.1) is 5.10 Å². The quantitative estimate of drug-likeness (QED) is 0.791. The highest BCUT2D eigenvalue weighted by molar-refractivity contribution is 5.63. The molecule has 1 aromatic carbocycles. The van der Waals surface area contributed by atoms with E-state index in [1.165, 1.54) is 6.07 Å². The largest absolute Gasteiger partial charge is 0.313 e. The van der Waals surface area contributed by atoms with Crippen molar-refractivity contribution in [1.82, 2.24) is 20.3 Å². The molecule has 1 N–H and O–H groups in total. The van der Waals surface area contributed by atoms with E-state index in [9.17, 15) is 4.39 Å². The first-order chi connectivity index (χ1) is 9.76. The smallest absolute Gasteiger partial charge is 0.123 e. The molecule has 2 aromatic rings. The molecule has 1 heterocycles. The molecule has 0 aliphatic heterocycles. The van der Waals surface area contributed by atoms with E-state index in [1.54, 1.807) is 12.3 Å². The number of hydrogen-bond donors (Lipinski definition) is 1. The van der Waals surface area contributed by atoms with E-state index in [2.05, 4.69) is 29.5 Å². The van der Waals surface area contributed by atoms with Crippen molar-refractivity contribution in [2.45, 2.75) is 39.8 Å². The van der Waals surface area contributed by atoms with Gasteiger partial charge in [0, 0.05) is 18.7 Å². The fourth-order valence-electron chi connectivity index (χ4n) is 2.20. The third kappa shape index (κ3) is 3.42. The zero-order valence-electron chi connectivity index (χ0n) is 12.1. The van der Waals surface area contributed by atoms with Gasteiger partial charge in [-0.3, -0.25) is 0 Å². The Kier molecular flexibility index (Phi) is 5.24. The van der Waals surface area contributed by atoms with Crippen molar-refractivity contribution in [3.8, 4) is 11.3 Å². The lowest BCUT2D eigenvalue weighted by Gasteiger charge is -2.11. The number of nitrogens with zero attached hydrogens (tertiary/aromatic N) is 3. The molecule has 0 unspecified atom stereocenters. The van der Waals surface area contributed by atoms with E-state index in [0.717, 1.165) is 42.8 Å². The minimum atomic E-state index is -0.212. The number of benzene rings is 1. The van der Waals surface area contributed by atoms with Crippen molar-refractivity contribution in [2.75, 3.05) is 6.54 Å². The fraction of sp³-hybridized carbons (Fsp3) is 0.467. The number of halogens is 1. The molecule has 2 rings (SSSR count). The van der Waals surface area contributed by atoms with Crippen molar-refractivity contribution >= 4 is 0 Å². The maximum Gasteiger partial charge on any atom is 0.123 e. The van der Waals surface area contributed by atoms with Crippen LogP contribution in [0.25, 0.3) is 11.3 Å². The molecular weight excluding hydrogens is 255 g/mol. The van der Waals surface area contributed by atoms with Gasteiger partial charge in [-0.2, -0.15) is 0 Å². The first-order valence-corrected chi connectivity index (χ1v) is 7.14. The highest BCUT2D eigenvalue weighted by atomic mass is 19.1. The van der Waals surface area contributed by atoms with Gasteiger partial charge < -0.3 is 5.32 Å². The van der Waals surface area contributed by atoms with Crippen molar-refractivity contribution in [3.63, 3.8) is 0 Å². The number of nitrogens with one attached hydrogen (secondary N) is 1. The number of aromatic nitrogens is 3. The van der Waals surface area contributed by atoms with E-state index in [1.807, 2.05) is 10.7 Å². The van der Waals surface area contributed by atoms with E-state index in [0.29, 0.717) is 6.54 Å². The van der Waals surface area contributed by atoms with Gasteiger partial charge in [0.2, 0.25) is 0 Å². The lowest BCUT2D eigenvalue weighted by atomic mass is 10.0. The van der Waals surface area contributed by atoms with Crippen LogP contribution >= 0.6 is 0 Å². The van der Waals surface area contributed by atoms with Gasteiger partial charge in [-0.1, -0.05) is 19.1 Å². The van der Waals surface area contributed by atoms with E-state index in [4.69, 9.17) is 0 Å². The molecule has 0 bridgehead atoms. The first-order valence-electron chi connectivity index (χ1n) is 7.14. The van der Waals surface area contributed by atoms with Crippen molar-refractivity contribution in [2.24, 2.45) is 0 Å². The Hall–Kier alpha value is -1.75. The Labute approximate surface area is 119 Å². The minimum Gasteiger partial charge on any atom is -0.313 e. The molecule has 0 amide bonds. The zero-order valence-corrected chi connectivity index (χ0v) is 12.1. The molecule has 0 spiro atoms. The molecule has 0 atom stereocenters. The van der Waals surface area contributed by atoms with Crippen LogP contribution in [0.15, 0.2) is 24.4 Å². The molecule has 0 fully saturated rings. The molecule has 1 aromatic heterocycles. The maximum absolute atomic E-state index is 13.5. The SMILES string of the molecule is CCCNCc1cc(F)ccc1-c1cnnn1CCC. The minimum absolute atomic E-state index is 0.212. The van der Waals surface area contributed by atoms with Crippen molar-refractivity contribution in [3.05, 3.63) is 35.8 Å². The molecule has 0 radical (unpaired) electrons. The van der Waals surface area contributed by atoms with Crippen LogP contribution in [-0.4, -0.2) is 21.5 Å². The van der Waals surface area contributed by atoms with Crippen LogP contribution in [0.2, 0.25) is 0 Å². The van der Waals surface area contributed by atoms with Gasteiger partial charge in [0.25, 0.3) is 0 Å². The summed E-state index contributed by atoms with van der Waals surface area (Å²) >= 11 is 0. The maximum atomic E-state index is 13.5. The summed E-state index contributed by atoms with van der Waals surface area (Å²) in [4.78, 5) is 0. The topological polar surface area (TPSA) is 42.7 Å². The Bertz CT molecular complexity index is 551. The Morgan fingerprint density at radius 1 is 1.25 bits per heavy atom. The van der Waals surface area contributed by atoms with Crippen LogP contribution in [0.4, 0.5) is 4.39 Å². The molecule has 0 aliphatic rings. The lowest BCUT2D eigenvalue weighted by Crippen LogP contribution is -2.15. The normalized spacial score (nSPS) is 10.9. The predicted octanol–water partition coefficient (Wildman–Crippen LogP) is 2.99. The predicted molar refractivity (Wildman–Crippen MR) is 77.7 cm³/mol. The van der Waals surface area contributed by atoms with Crippen LogP contribution in [0.5, 0.6) is 0 Å². The van der Waals surface area contributed by atoms with Crippen LogP contribution in [0.3, 0.4) is 0 Å². The summed E-state index contributed by atoms with van der Waals surface area (Å²) in [5.41, 5.74) is 2.88. The number of aryl methyl sites for hydroxylation is 1. The molecule has 4 nitrogen and oxygen atoms in total. The summed E-state index contributed by atoms with van der Waals surface area (Å²) < 4.78 is 15.4. The Morgan fingerprint density at radius 3 is 2.85 bits per heavy atom. The summed E-state index contributed by atoms with van der Waals surface area (Å²) in [7, 11) is 0. The molecule has 0 aliphatic carbocycles. The summed E-state index contributed by atoms with van der Waals surface area (Å²) in [6.45, 7) is 6.59. The second kappa shape index (κ2) is 7.14. The summed E-state index contributed by atoms with van der Waals surface area (Å²) in [6, 6.07) is 4.88. The molecule has 0 saturated carbocycles. The van der Waals surface area contributed by atoms with Gasteiger partial charge in [0.05, 0.1) is 11.9 Å². The van der Waals surface area contributed by atoms with Crippen molar-refractivity contribution in [1.29, 1.82) is 0 Å². The van der Waals surface area contributed by atoms with Crippen LogP contribution in [0, 0.1) is 5.82 Å². The molecule has 0 saturated heterocycles. The molecular formula is C15H21FN4. The second-order valence-electron chi connectivity index (χ2n) is 4.82. The lowest BCUT2D eigenvalue weighted by molar-refractivity contribution is 0.582. The third-order valence-electron chi connectivity index (χ3n) is 3.14. The second-order valence-corrected chi connectivity index (χ2v) is 4.82. The Balaban J connectivity index is 2.31. The average Bonchev–Trinajstić information content (AvgIpc) is 2.88. The van der Waals surface area contributed by atoms with E-state index < -0.39 is 0 Å². The number of rotatable bonds is 7. The molecule has 5 heteroatoms. The van der Waals surface area contributed by atoms with E-state index in [-0.39, 0.29) is 5.82 Å². The van der Waals surface area contributed by atoms with Crippen LogP contribution in [-0.2, 0) is 13.1 Å². The zero-order chi connectivity index (χ0) is 14.4. The van der Waals surface area contributed by atoms with Gasteiger partial charge in [0.15, 0.2) is 0 Å². The van der Waals surface area contributed by atoms with Crippen LogP contribution in [0.1, 0.15) is 32.3 Å². The highest BCUT2D eigenvalue weighted by Crippen LogP contribution is 2.24. The summed E-state index contributed by atoms with van der Waals surface area (Å²) in [6.07, 6.45) is 3.78. The number of hydrogen-bond acceptors (Lipinski definition) is 3. The molecule has 20 heavy (non-hydrogen) atoms. The monoisotopic (exact) mass is 276 g/mol. The third-order valence-corrected chi connectivity index (χ3v) is 3.14. The van der Waals surface area contributed by atoms with Crippen LogP contribution < -0.4 is 5.32 Å². The summed E-state index contributed by atoms with van der Waals surface area (Å²) in [5.74, 6) is -0.212. The highest BCUT2D eigenvalue weighted by Gasteiger charge is 2.11. The first kappa shape index (κ1) is 14.7. The van der Waals surface area contributed by atoms with E-state index >= 15 is 0 Å².